The maximum atomic E-state index is 14.4. The molecule has 0 aliphatic carbocycles. The predicted molar refractivity (Wildman–Crippen MR) is 92.3 cm³/mol. The first-order valence-electron chi connectivity index (χ1n) is 8.82. The number of hydrogen-bond donors (Lipinski definition) is 0. The van der Waals surface area contributed by atoms with E-state index in [-0.39, 0.29) is 16.7 Å². The van der Waals surface area contributed by atoms with Crippen LogP contribution in [0.15, 0.2) is 18.3 Å². The van der Waals surface area contributed by atoms with Crippen molar-refractivity contribution in [2.24, 2.45) is 0 Å². The lowest BCUT2D eigenvalue weighted by molar-refractivity contribution is 0.380. The van der Waals surface area contributed by atoms with Crippen LogP contribution in [-0.4, -0.2) is 32.7 Å². The van der Waals surface area contributed by atoms with Crippen LogP contribution in [0.2, 0.25) is 0 Å². The number of pyridine rings is 1. The van der Waals surface area contributed by atoms with Gasteiger partial charge in [0.2, 0.25) is 5.88 Å². The summed E-state index contributed by atoms with van der Waals surface area (Å²) in [7, 11) is 1.28. The molecule has 1 aromatic heterocycles. The molecule has 2 rings (SSSR count). The first-order chi connectivity index (χ1) is 12.3. The Balaban J connectivity index is 2.72. The van der Waals surface area contributed by atoms with Gasteiger partial charge in [-0.1, -0.05) is 6.07 Å². The molecule has 24 heavy (non-hydrogen) atoms. The molecule has 132 valence electrons. The van der Waals surface area contributed by atoms with Gasteiger partial charge in [0.15, 0.2) is 11.6 Å². The molecule has 0 spiro atoms. The molecule has 0 saturated heterocycles. The van der Waals surface area contributed by atoms with Crippen LogP contribution in [0.3, 0.4) is 0 Å². The summed E-state index contributed by atoms with van der Waals surface area (Å²) in [5.74, 6) is -2.32. The summed E-state index contributed by atoms with van der Waals surface area (Å²) in [6, 6.07) is 1.37. The molecular weight excluding hydrogens is 334 g/mol. The lowest BCUT2D eigenvalue weighted by atomic mass is 10.0. The van der Waals surface area contributed by atoms with Gasteiger partial charge in [0.05, 0.1) is 18.5 Å². The summed E-state index contributed by atoms with van der Waals surface area (Å²) < 4.78 is 69.6. The monoisotopic (exact) mass is 359 g/mol. The van der Waals surface area contributed by atoms with E-state index in [9.17, 15) is 13.3 Å². The van der Waals surface area contributed by atoms with E-state index >= 15 is 0 Å². The fraction of sp³-hybridized carbons (Fsp3) is 0.471. The SMILES string of the molecule is [2H]C([2H])([2H])N(C(C)c1cnc(OC)c2c(F)c(F)ccc12)[S@@+]([O-])C(C)(C)C. The van der Waals surface area contributed by atoms with Crippen molar-refractivity contribution in [3.8, 4) is 5.88 Å². The van der Waals surface area contributed by atoms with Gasteiger partial charge in [-0.2, -0.15) is 0 Å². The third-order valence-corrected chi connectivity index (χ3v) is 5.36. The van der Waals surface area contributed by atoms with Crippen molar-refractivity contribution in [2.45, 2.75) is 38.5 Å². The van der Waals surface area contributed by atoms with E-state index in [0.29, 0.717) is 5.56 Å². The lowest BCUT2D eigenvalue weighted by Gasteiger charge is -2.34. The van der Waals surface area contributed by atoms with Crippen LogP contribution in [0.5, 0.6) is 5.88 Å². The summed E-state index contributed by atoms with van der Waals surface area (Å²) in [6.45, 7) is 3.85. The second-order valence-corrected chi connectivity index (χ2v) is 8.49. The third-order valence-electron chi connectivity index (χ3n) is 3.64. The smallest absolute Gasteiger partial charge is 0.224 e. The molecular formula is C17H22F2N2O2S. The van der Waals surface area contributed by atoms with Crippen LogP contribution in [0.4, 0.5) is 8.78 Å². The van der Waals surface area contributed by atoms with Gasteiger partial charge in [0.25, 0.3) is 0 Å². The van der Waals surface area contributed by atoms with Gasteiger partial charge in [-0.25, -0.2) is 13.8 Å². The molecule has 2 aromatic rings. The van der Waals surface area contributed by atoms with E-state index in [4.69, 9.17) is 8.85 Å². The predicted octanol–water partition coefficient (Wildman–Crippen LogP) is 3.98. The van der Waals surface area contributed by atoms with Gasteiger partial charge in [0.1, 0.15) is 4.75 Å². The normalized spacial score (nSPS) is 17.3. The number of hydrogen-bond acceptors (Lipinski definition) is 4. The highest BCUT2D eigenvalue weighted by atomic mass is 32.2. The van der Waals surface area contributed by atoms with Gasteiger partial charge in [0, 0.05) is 34.2 Å². The summed E-state index contributed by atoms with van der Waals surface area (Å²) in [6.07, 6.45) is 1.34. The molecule has 1 aromatic carbocycles. The highest BCUT2D eigenvalue weighted by Gasteiger charge is 2.35. The fourth-order valence-electron chi connectivity index (χ4n) is 2.32. The molecule has 0 aliphatic rings. The zero-order valence-corrected chi connectivity index (χ0v) is 15.0. The Morgan fingerprint density at radius 3 is 2.58 bits per heavy atom. The van der Waals surface area contributed by atoms with Crippen molar-refractivity contribution in [2.75, 3.05) is 14.1 Å². The fourth-order valence-corrected chi connectivity index (χ4v) is 3.31. The molecule has 0 amide bonds. The van der Waals surface area contributed by atoms with E-state index in [2.05, 4.69) is 4.98 Å². The molecule has 0 aliphatic heterocycles. The topological polar surface area (TPSA) is 48.4 Å². The highest BCUT2D eigenvalue weighted by Crippen LogP contribution is 2.36. The molecule has 7 heteroatoms. The van der Waals surface area contributed by atoms with Gasteiger partial charge in [-0.3, -0.25) is 0 Å². The molecule has 1 heterocycles. The van der Waals surface area contributed by atoms with Crippen LogP contribution in [0, 0.1) is 11.6 Å². The largest absolute Gasteiger partial charge is 0.597 e. The average molecular weight is 359 g/mol. The maximum Gasteiger partial charge on any atom is 0.224 e. The Hall–Kier alpha value is -1.44. The van der Waals surface area contributed by atoms with E-state index in [1.807, 2.05) is 0 Å². The Bertz CT molecular complexity index is 844. The summed E-state index contributed by atoms with van der Waals surface area (Å²) in [5.41, 5.74) is 0.304. The zero-order valence-electron chi connectivity index (χ0n) is 17.2. The minimum atomic E-state index is -2.68. The van der Waals surface area contributed by atoms with E-state index in [1.54, 1.807) is 27.7 Å². The van der Waals surface area contributed by atoms with Crippen molar-refractivity contribution in [1.82, 2.24) is 9.29 Å². The molecule has 0 radical (unpaired) electrons. The van der Waals surface area contributed by atoms with Crippen molar-refractivity contribution in [3.05, 3.63) is 35.5 Å². The van der Waals surface area contributed by atoms with Gasteiger partial charge in [-0.05, 0) is 39.1 Å². The van der Waals surface area contributed by atoms with E-state index in [1.165, 1.54) is 19.4 Å². The van der Waals surface area contributed by atoms with Gasteiger partial charge >= 0.3 is 0 Å². The van der Waals surface area contributed by atoms with Crippen molar-refractivity contribution in [3.63, 3.8) is 0 Å². The highest BCUT2D eigenvalue weighted by molar-refractivity contribution is 7.90. The van der Waals surface area contributed by atoms with E-state index < -0.39 is 40.8 Å². The number of halogens is 2. The number of rotatable bonds is 4. The second kappa shape index (κ2) is 6.82. The lowest BCUT2D eigenvalue weighted by Crippen LogP contribution is -2.42. The third kappa shape index (κ3) is 3.34. The number of ether oxygens (including phenoxy) is 1. The van der Waals surface area contributed by atoms with Crippen molar-refractivity contribution >= 4 is 22.1 Å². The Morgan fingerprint density at radius 2 is 2.04 bits per heavy atom. The van der Waals surface area contributed by atoms with Crippen LogP contribution in [0.1, 0.15) is 43.4 Å². The van der Waals surface area contributed by atoms with Crippen LogP contribution in [0.25, 0.3) is 10.8 Å². The first kappa shape index (κ1) is 14.9. The number of nitrogens with zero attached hydrogens (tertiary/aromatic N) is 2. The molecule has 2 atom stereocenters. The van der Waals surface area contributed by atoms with Crippen molar-refractivity contribution < 1.29 is 22.2 Å². The molecule has 1 unspecified atom stereocenters. The average Bonchev–Trinajstić information content (AvgIpc) is 2.55. The molecule has 4 nitrogen and oxygen atoms in total. The summed E-state index contributed by atoms with van der Waals surface area (Å²) >= 11 is -1.89. The minimum absolute atomic E-state index is 0.115. The Labute approximate surface area is 148 Å². The number of aromatic nitrogens is 1. The quantitative estimate of drug-likeness (QED) is 0.775. The van der Waals surface area contributed by atoms with Crippen molar-refractivity contribution in [1.29, 1.82) is 0 Å². The van der Waals surface area contributed by atoms with Crippen LogP contribution in [-0.2, 0) is 11.4 Å². The van der Waals surface area contributed by atoms with Gasteiger partial charge < -0.3 is 9.29 Å². The first-order valence-corrected chi connectivity index (χ1v) is 8.43. The van der Waals surface area contributed by atoms with Crippen LogP contribution < -0.4 is 4.74 Å². The summed E-state index contributed by atoms with van der Waals surface area (Å²) in [4.78, 5) is 4.00. The second-order valence-electron chi connectivity index (χ2n) is 6.37. The van der Waals surface area contributed by atoms with Crippen LogP contribution >= 0.6 is 0 Å². The van der Waals surface area contributed by atoms with Gasteiger partial charge in [-0.15, -0.1) is 4.31 Å². The number of benzene rings is 1. The molecule has 0 fully saturated rings. The van der Waals surface area contributed by atoms with E-state index in [0.717, 1.165) is 10.4 Å². The Morgan fingerprint density at radius 1 is 1.38 bits per heavy atom. The molecule has 0 bridgehead atoms. The minimum Gasteiger partial charge on any atom is -0.597 e. The maximum absolute atomic E-state index is 14.4. The Kier molecular flexibility index (Phi) is 4.22. The number of methoxy groups -OCH3 is 1. The number of fused-ring (bicyclic) bond motifs is 1. The zero-order chi connectivity index (χ0) is 20.7. The summed E-state index contributed by atoms with van der Waals surface area (Å²) in [5, 5.41) is 0.0577. The standard InChI is InChI=1S/C17H22F2N2O2S/c1-10(21(5)24(22)17(2,3)4)12-9-20-16(23-6)14-11(12)7-8-13(18)15(14)19/h7-10H,1-6H3/t10?,24-/m0/s1/i5D3. The molecule has 0 N–H and O–H groups in total. The molecule has 0 saturated carbocycles.